The molecule has 192 valence electrons. The van der Waals surface area contributed by atoms with Crippen LogP contribution in [0.25, 0.3) is 5.65 Å². The number of fused-ring (bicyclic) bond motifs is 1. The highest BCUT2D eigenvalue weighted by Crippen LogP contribution is 2.42. The number of likely N-dealkylation sites (N-methyl/N-ethyl adjacent to an activating group) is 1. The van der Waals surface area contributed by atoms with Crippen LogP contribution in [0.1, 0.15) is 36.9 Å². The van der Waals surface area contributed by atoms with E-state index in [4.69, 9.17) is 16.3 Å². The van der Waals surface area contributed by atoms with E-state index in [-0.39, 0.29) is 30.6 Å². The molecule has 5 amide bonds. The summed E-state index contributed by atoms with van der Waals surface area (Å²) < 4.78 is 6.98. The second kappa shape index (κ2) is 9.65. The highest BCUT2D eigenvalue weighted by Gasteiger charge is 2.36. The fraction of sp³-hybridized carbons (Fsp3) is 0.348. The molecular weight excluding hydrogens is 504 g/mol. The number of carbonyl (C=O) groups is 4. The van der Waals surface area contributed by atoms with Crippen LogP contribution in [-0.2, 0) is 20.9 Å². The van der Waals surface area contributed by atoms with E-state index >= 15 is 0 Å². The number of hydrogen-bond donors (Lipinski definition) is 1. The van der Waals surface area contributed by atoms with Crippen molar-refractivity contribution in [3.8, 4) is 0 Å². The van der Waals surface area contributed by atoms with Crippen molar-refractivity contribution in [3.05, 3.63) is 42.1 Å². The second-order valence-corrected chi connectivity index (χ2v) is 9.37. The van der Waals surface area contributed by atoms with Gasteiger partial charge in [-0.15, -0.1) is 0 Å². The molecule has 14 heteroatoms. The Morgan fingerprint density at radius 2 is 2.08 bits per heavy atom. The lowest BCUT2D eigenvalue weighted by atomic mass is 10.1. The molecule has 0 spiro atoms. The topological polar surface area (TPSA) is 142 Å². The standard InChI is InChI=1S/C23H23ClN8O5/c1-13(24)37-23(36)32(19-6-18(27-12-33)25-11-26-19)9-16-8-30-7-15(14-3-4-14)5-17(21(30)28-16)31-10-20(34)29(2)22(31)35/h5-8,11-14H,3-4,9-10H2,1-2H3,(H,25,26,27,33). The van der Waals surface area contributed by atoms with Crippen LogP contribution in [-0.4, -0.2) is 67.8 Å². The number of imide groups is 1. The van der Waals surface area contributed by atoms with Crippen LogP contribution in [0.4, 0.5) is 26.9 Å². The van der Waals surface area contributed by atoms with Crippen LogP contribution in [0.2, 0.25) is 0 Å². The zero-order chi connectivity index (χ0) is 26.3. The van der Waals surface area contributed by atoms with E-state index in [0.717, 1.165) is 23.3 Å². The van der Waals surface area contributed by atoms with E-state index in [9.17, 15) is 19.2 Å². The van der Waals surface area contributed by atoms with Gasteiger partial charge < -0.3 is 14.5 Å². The molecule has 5 rings (SSSR count). The third kappa shape index (κ3) is 4.89. The number of nitrogens with one attached hydrogen (secondary N) is 1. The van der Waals surface area contributed by atoms with E-state index in [1.165, 1.54) is 36.2 Å². The summed E-state index contributed by atoms with van der Waals surface area (Å²) in [5.41, 5.74) is 1.56. The summed E-state index contributed by atoms with van der Waals surface area (Å²) in [6.45, 7) is 1.35. The highest BCUT2D eigenvalue weighted by molar-refractivity contribution is 6.20. The van der Waals surface area contributed by atoms with Crippen molar-refractivity contribution >= 4 is 59.0 Å². The molecule has 13 nitrogen and oxygen atoms in total. The SMILES string of the molecule is CC(Cl)OC(=O)N(Cc1cn2cc(C3CC3)cc(N3CC(=O)N(C)C3=O)c2n1)c1cc(NC=O)ncn1. The molecule has 37 heavy (non-hydrogen) atoms. The fourth-order valence-corrected chi connectivity index (χ4v) is 4.17. The van der Waals surface area contributed by atoms with E-state index < -0.39 is 17.7 Å². The summed E-state index contributed by atoms with van der Waals surface area (Å²) in [6.07, 6.45) is 6.64. The summed E-state index contributed by atoms with van der Waals surface area (Å²) in [6, 6.07) is 2.88. The van der Waals surface area contributed by atoms with Crippen molar-refractivity contribution in [1.82, 2.24) is 24.3 Å². The van der Waals surface area contributed by atoms with Crippen molar-refractivity contribution in [2.45, 2.75) is 37.8 Å². The monoisotopic (exact) mass is 526 g/mol. The normalized spacial score (nSPS) is 16.3. The Balaban J connectivity index is 1.54. The van der Waals surface area contributed by atoms with Gasteiger partial charge in [0.2, 0.25) is 12.3 Å². The Hall–Kier alpha value is -4.26. The average Bonchev–Trinajstić information content (AvgIpc) is 3.58. The molecule has 0 bridgehead atoms. The Bertz CT molecular complexity index is 1410. The minimum Gasteiger partial charge on any atom is -0.430 e. The molecular formula is C23H23ClN8O5. The van der Waals surface area contributed by atoms with Gasteiger partial charge in [0, 0.05) is 25.5 Å². The van der Waals surface area contributed by atoms with Gasteiger partial charge in [0.1, 0.15) is 24.5 Å². The Morgan fingerprint density at radius 1 is 1.30 bits per heavy atom. The Kier molecular flexibility index (Phi) is 6.38. The molecule has 1 N–H and O–H groups in total. The predicted molar refractivity (Wildman–Crippen MR) is 132 cm³/mol. The zero-order valence-corrected chi connectivity index (χ0v) is 20.8. The number of hydrogen-bond acceptors (Lipinski definition) is 8. The summed E-state index contributed by atoms with van der Waals surface area (Å²) in [4.78, 5) is 65.2. The third-order valence-corrected chi connectivity index (χ3v) is 6.16. The van der Waals surface area contributed by atoms with Crippen LogP contribution in [0.5, 0.6) is 0 Å². The number of amides is 5. The minimum atomic E-state index is -0.908. The van der Waals surface area contributed by atoms with Gasteiger partial charge in [0.05, 0.1) is 17.9 Å². The lowest BCUT2D eigenvalue weighted by molar-refractivity contribution is -0.123. The maximum atomic E-state index is 12.9. The first kappa shape index (κ1) is 24.4. The number of nitrogens with zero attached hydrogens (tertiary/aromatic N) is 7. The van der Waals surface area contributed by atoms with Crippen molar-refractivity contribution in [3.63, 3.8) is 0 Å². The lowest BCUT2D eigenvalue weighted by Crippen LogP contribution is -2.33. The van der Waals surface area contributed by atoms with Gasteiger partial charge >= 0.3 is 12.1 Å². The molecule has 1 aliphatic heterocycles. The predicted octanol–water partition coefficient (Wildman–Crippen LogP) is 2.70. The highest BCUT2D eigenvalue weighted by atomic mass is 35.5. The molecule has 1 saturated carbocycles. The van der Waals surface area contributed by atoms with E-state index in [1.54, 1.807) is 10.6 Å². The van der Waals surface area contributed by atoms with E-state index in [2.05, 4.69) is 20.3 Å². The van der Waals surface area contributed by atoms with Crippen LogP contribution in [0, 0.1) is 0 Å². The van der Waals surface area contributed by atoms with Gasteiger partial charge in [-0.1, -0.05) is 11.6 Å². The van der Waals surface area contributed by atoms with Crippen LogP contribution in [0.15, 0.2) is 30.9 Å². The maximum absolute atomic E-state index is 12.9. The molecule has 2 fully saturated rings. The van der Waals surface area contributed by atoms with Gasteiger partial charge in [-0.2, -0.15) is 0 Å². The van der Waals surface area contributed by atoms with Crippen molar-refractivity contribution in [2.24, 2.45) is 0 Å². The number of imidazole rings is 1. The Labute approximate surface area is 216 Å². The largest absolute Gasteiger partial charge is 0.430 e. The Morgan fingerprint density at radius 3 is 2.73 bits per heavy atom. The molecule has 1 aliphatic carbocycles. The third-order valence-electron chi connectivity index (χ3n) is 6.07. The number of carbonyl (C=O) groups excluding carboxylic acids is 4. The molecule has 1 atom stereocenters. The maximum Gasteiger partial charge on any atom is 0.417 e. The quantitative estimate of drug-likeness (QED) is 0.268. The van der Waals surface area contributed by atoms with Crippen LogP contribution >= 0.6 is 11.6 Å². The lowest BCUT2D eigenvalue weighted by Gasteiger charge is -2.21. The van der Waals surface area contributed by atoms with Gasteiger partial charge in [-0.05, 0) is 37.3 Å². The van der Waals surface area contributed by atoms with Crippen molar-refractivity contribution in [2.75, 3.05) is 28.7 Å². The summed E-state index contributed by atoms with van der Waals surface area (Å²) in [7, 11) is 1.44. The number of anilines is 3. The first-order valence-electron chi connectivity index (χ1n) is 11.5. The molecule has 2 aliphatic rings. The molecule has 3 aromatic heterocycles. The van der Waals surface area contributed by atoms with Gasteiger partial charge in [-0.3, -0.25) is 24.3 Å². The van der Waals surface area contributed by atoms with Crippen LogP contribution < -0.4 is 15.1 Å². The summed E-state index contributed by atoms with van der Waals surface area (Å²) >= 11 is 5.89. The smallest absolute Gasteiger partial charge is 0.417 e. The molecule has 1 unspecified atom stereocenters. The number of urea groups is 1. The molecule has 0 radical (unpaired) electrons. The van der Waals surface area contributed by atoms with E-state index in [0.29, 0.717) is 29.4 Å². The summed E-state index contributed by atoms with van der Waals surface area (Å²) in [5.74, 6) is 0.407. The zero-order valence-electron chi connectivity index (χ0n) is 20.0. The second-order valence-electron chi connectivity index (χ2n) is 8.75. The van der Waals surface area contributed by atoms with Crippen molar-refractivity contribution in [1.29, 1.82) is 0 Å². The number of ether oxygens (including phenoxy) is 1. The average molecular weight is 527 g/mol. The minimum absolute atomic E-state index is 0.0629. The number of alkyl halides is 1. The molecule has 1 saturated heterocycles. The van der Waals surface area contributed by atoms with Crippen LogP contribution in [0.3, 0.4) is 0 Å². The summed E-state index contributed by atoms with van der Waals surface area (Å²) in [5, 5.41) is 2.42. The fourth-order valence-electron chi connectivity index (χ4n) is 4.09. The van der Waals surface area contributed by atoms with E-state index in [1.807, 2.05) is 12.3 Å². The number of halogens is 1. The number of pyridine rings is 1. The molecule has 3 aromatic rings. The first-order chi connectivity index (χ1) is 17.7. The number of aromatic nitrogens is 4. The van der Waals surface area contributed by atoms with Gasteiger partial charge in [0.15, 0.2) is 11.2 Å². The van der Waals surface area contributed by atoms with Gasteiger partial charge in [0.25, 0.3) is 0 Å². The van der Waals surface area contributed by atoms with Gasteiger partial charge in [-0.25, -0.2) is 24.5 Å². The molecule has 0 aromatic carbocycles. The number of rotatable bonds is 8. The first-order valence-corrected chi connectivity index (χ1v) is 11.9. The molecule has 4 heterocycles. The van der Waals surface area contributed by atoms with Crippen molar-refractivity contribution < 1.29 is 23.9 Å².